The quantitative estimate of drug-likeness (QED) is 0.614. The lowest BCUT2D eigenvalue weighted by atomic mass is 10.2. The van der Waals surface area contributed by atoms with Gasteiger partial charge in [-0.15, -0.1) is 11.6 Å². The van der Waals surface area contributed by atoms with Gasteiger partial charge in [-0.2, -0.15) is 10.2 Å². The zero-order valence-electron chi connectivity index (χ0n) is 5.79. The lowest BCUT2D eigenvalue weighted by molar-refractivity contribution is 0.861. The third-order valence-corrected chi connectivity index (χ3v) is 1.89. The number of halogens is 1. The molecule has 0 saturated carbocycles. The van der Waals surface area contributed by atoms with E-state index in [4.69, 9.17) is 11.6 Å². The summed E-state index contributed by atoms with van der Waals surface area (Å²) in [7, 11) is 0. The van der Waals surface area contributed by atoms with E-state index in [0.717, 1.165) is 12.0 Å². The van der Waals surface area contributed by atoms with E-state index in [1.54, 1.807) is 12.4 Å². The number of hydrogen-bond acceptors (Lipinski definition) is 2. The van der Waals surface area contributed by atoms with Crippen molar-refractivity contribution in [2.75, 3.05) is 0 Å². The molecule has 0 aromatic carbocycles. The van der Waals surface area contributed by atoms with E-state index in [1.807, 2.05) is 13.0 Å². The van der Waals surface area contributed by atoms with Gasteiger partial charge in [-0.1, -0.05) is 6.92 Å². The molecule has 0 saturated heterocycles. The lowest BCUT2D eigenvalue weighted by Crippen LogP contribution is -1.89. The van der Waals surface area contributed by atoms with Crippen molar-refractivity contribution in [3.05, 3.63) is 24.0 Å². The van der Waals surface area contributed by atoms with Crippen molar-refractivity contribution in [3.8, 4) is 0 Å². The van der Waals surface area contributed by atoms with Crippen molar-refractivity contribution in [2.45, 2.75) is 18.7 Å². The molecule has 3 heteroatoms. The average molecular weight is 157 g/mol. The molecule has 1 unspecified atom stereocenters. The number of rotatable bonds is 2. The highest BCUT2D eigenvalue weighted by atomic mass is 35.5. The second-order valence-electron chi connectivity index (χ2n) is 2.05. The van der Waals surface area contributed by atoms with Gasteiger partial charge < -0.3 is 0 Å². The molecule has 10 heavy (non-hydrogen) atoms. The maximum Gasteiger partial charge on any atom is 0.0599 e. The van der Waals surface area contributed by atoms with E-state index >= 15 is 0 Å². The van der Waals surface area contributed by atoms with Crippen molar-refractivity contribution >= 4 is 11.6 Å². The van der Waals surface area contributed by atoms with Gasteiger partial charge in [-0.05, 0) is 18.1 Å². The first kappa shape index (κ1) is 7.48. The second kappa shape index (κ2) is 3.52. The monoisotopic (exact) mass is 156 g/mol. The summed E-state index contributed by atoms with van der Waals surface area (Å²) in [6, 6.07) is 1.88. The third kappa shape index (κ3) is 1.67. The zero-order chi connectivity index (χ0) is 7.40. The first-order chi connectivity index (χ1) is 4.84. The van der Waals surface area contributed by atoms with Crippen molar-refractivity contribution in [2.24, 2.45) is 0 Å². The molecule has 1 aromatic rings. The standard InChI is InChI=1S/C7H9ClN2/c1-2-7(8)6-3-4-9-10-5-6/h3-5,7H,2H2,1H3. The van der Waals surface area contributed by atoms with Crippen molar-refractivity contribution in [1.29, 1.82) is 0 Å². The highest BCUT2D eigenvalue weighted by Crippen LogP contribution is 2.21. The molecule has 1 heterocycles. The van der Waals surface area contributed by atoms with Crippen LogP contribution in [0.5, 0.6) is 0 Å². The van der Waals surface area contributed by atoms with Gasteiger partial charge in [0, 0.05) is 6.20 Å². The molecule has 0 aliphatic heterocycles. The highest BCUT2D eigenvalue weighted by molar-refractivity contribution is 6.20. The van der Waals surface area contributed by atoms with Crippen molar-refractivity contribution in [1.82, 2.24) is 10.2 Å². The van der Waals surface area contributed by atoms with Crippen LogP contribution >= 0.6 is 11.6 Å². The Hall–Kier alpha value is -0.630. The highest BCUT2D eigenvalue weighted by Gasteiger charge is 2.02. The summed E-state index contributed by atoms with van der Waals surface area (Å²) in [5, 5.41) is 7.45. The molecule has 0 spiro atoms. The van der Waals surface area contributed by atoms with Crippen LogP contribution in [0.2, 0.25) is 0 Å². The van der Waals surface area contributed by atoms with E-state index in [1.165, 1.54) is 0 Å². The Kier molecular flexibility index (Phi) is 2.63. The molecular weight excluding hydrogens is 148 g/mol. The Morgan fingerprint density at radius 2 is 2.40 bits per heavy atom. The van der Waals surface area contributed by atoms with Crippen LogP contribution in [0.25, 0.3) is 0 Å². The molecule has 0 radical (unpaired) electrons. The average Bonchev–Trinajstić information content (AvgIpc) is 2.05. The fourth-order valence-corrected chi connectivity index (χ4v) is 0.851. The largest absolute Gasteiger partial charge is 0.159 e. The molecule has 54 valence electrons. The summed E-state index contributed by atoms with van der Waals surface area (Å²) in [6.07, 6.45) is 4.27. The van der Waals surface area contributed by atoms with E-state index in [-0.39, 0.29) is 5.38 Å². The Morgan fingerprint density at radius 1 is 1.60 bits per heavy atom. The number of nitrogens with zero attached hydrogens (tertiary/aromatic N) is 2. The van der Waals surface area contributed by atoms with E-state index in [2.05, 4.69) is 10.2 Å². The summed E-state index contributed by atoms with van der Waals surface area (Å²) in [5.41, 5.74) is 1.04. The third-order valence-electron chi connectivity index (χ3n) is 1.33. The van der Waals surface area contributed by atoms with Gasteiger partial charge in [0.05, 0.1) is 11.6 Å². The SMILES string of the molecule is CCC(Cl)c1ccnnc1. The first-order valence-corrected chi connectivity index (χ1v) is 3.69. The fourth-order valence-electron chi connectivity index (χ4n) is 0.722. The summed E-state index contributed by atoms with van der Waals surface area (Å²) in [6.45, 7) is 2.04. The maximum atomic E-state index is 5.92. The second-order valence-corrected chi connectivity index (χ2v) is 2.58. The van der Waals surface area contributed by atoms with Crippen LogP contribution in [0.15, 0.2) is 18.5 Å². The smallest absolute Gasteiger partial charge is 0.0599 e. The molecule has 0 N–H and O–H groups in total. The minimum absolute atomic E-state index is 0.0792. The summed E-state index contributed by atoms with van der Waals surface area (Å²) >= 11 is 5.92. The topological polar surface area (TPSA) is 25.8 Å². The van der Waals surface area contributed by atoms with Crippen LogP contribution in [-0.4, -0.2) is 10.2 Å². The maximum absolute atomic E-state index is 5.92. The molecule has 0 amide bonds. The van der Waals surface area contributed by atoms with Crippen LogP contribution in [0.1, 0.15) is 24.3 Å². The molecule has 0 aliphatic rings. The van der Waals surface area contributed by atoms with E-state index in [9.17, 15) is 0 Å². The Bertz CT molecular complexity index is 188. The van der Waals surface area contributed by atoms with Gasteiger partial charge in [0.1, 0.15) is 0 Å². The van der Waals surface area contributed by atoms with Crippen LogP contribution in [0.4, 0.5) is 0 Å². The fraction of sp³-hybridized carbons (Fsp3) is 0.429. The van der Waals surface area contributed by atoms with Gasteiger partial charge in [0.2, 0.25) is 0 Å². The normalized spacial score (nSPS) is 13.0. The predicted molar refractivity (Wildman–Crippen MR) is 40.9 cm³/mol. The van der Waals surface area contributed by atoms with Crippen LogP contribution in [0, 0.1) is 0 Å². The summed E-state index contributed by atoms with van der Waals surface area (Å²) < 4.78 is 0. The molecular formula is C7H9ClN2. The molecule has 1 aromatic heterocycles. The first-order valence-electron chi connectivity index (χ1n) is 3.25. The number of alkyl halides is 1. The van der Waals surface area contributed by atoms with Gasteiger partial charge in [0.25, 0.3) is 0 Å². The van der Waals surface area contributed by atoms with Gasteiger partial charge in [-0.25, -0.2) is 0 Å². The van der Waals surface area contributed by atoms with Crippen molar-refractivity contribution in [3.63, 3.8) is 0 Å². The van der Waals surface area contributed by atoms with Crippen LogP contribution < -0.4 is 0 Å². The molecule has 1 rings (SSSR count). The molecule has 1 atom stereocenters. The zero-order valence-corrected chi connectivity index (χ0v) is 6.54. The van der Waals surface area contributed by atoms with Crippen molar-refractivity contribution < 1.29 is 0 Å². The molecule has 0 aliphatic carbocycles. The lowest BCUT2D eigenvalue weighted by Gasteiger charge is -2.02. The van der Waals surface area contributed by atoms with E-state index < -0.39 is 0 Å². The molecule has 0 bridgehead atoms. The summed E-state index contributed by atoms with van der Waals surface area (Å²) in [4.78, 5) is 0. The Balaban J connectivity index is 2.75. The van der Waals surface area contributed by atoms with Gasteiger partial charge in [-0.3, -0.25) is 0 Å². The molecule has 2 nitrogen and oxygen atoms in total. The van der Waals surface area contributed by atoms with Crippen LogP contribution in [0.3, 0.4) is 0 Å². The van der Waals surface area contributed by atoms with Gasteiger partial charge in [0.15, 0.2) is 0 Å². The number of hydrogen-bond donors (Lipinski definition) is 0. The van der Waals surface area contributed by atoms with E-state index in [0.29, 0.717) is 0 Å². The van der Waals surface area contributed by atoms with Gasteiger partial charge >= 0.3 is 0 Å². The molecule has 0 fully saturated rings. The Labute approximate surface area is 65.2 Å². The minimum atomic E-state index is 0.0792. The summed E-state index contributed by atoms with van der Waals surface area (Å²) in [5.74, 6) is 0. The predicted octanol–water partition coefficient (Wildman–Crippen LogP) is 2.17. The van der Waals surface area contributed by atoms with Crippen LogP contribution in [-0.2, 0) is 0 Å². The minimum Gasteiger partial charge on any atom is -0.159 e. The Morgan fingerprint density at radius 3 is 2.90 bits per heavy atom. The number of aromatic nitrogens is 2.